The van der Waals surface area contributed by atoms with Crippen LogP contribution in [0.3, 0.4) is 0 Å². The Balaban J connectivity index is 1.41. The summed E-state index contributed by atoms with van der Waals surface area (Å²) in [6.45, 7) is 2.20. The maximum atomic E-state index is 5.39. The molecular weight excluding hydrogens is 298 g/mol. The molecule has 0 unspecified atom stereocenters. The molecule has 0 radical (unpaired) electrons. The Morgan fingerprint density at radius 2 is 2.09 bits per heavy atom. The second-order valence-electron chi connectivity index (χ2n) is 6.24. The summed E-state index contributed by atoms with van der Waals surface area (Å²) in [5, 5.41) is 8.17. The molecule has 2 aliphatic rings. The molecule has 0 aromatic carbocycles. The second kappa shape index (κ2) is 6.37. The van der Waals surface area contributed by atoms with Gasteiger partial charge in [-0.3, -0.25) is 4.90 Å². The van der Waals surface area contributed by atoms with E-state index in [0.717, 1.165) is 31.1 Å². The molecular formula is C15H21N5O3. The maximum absolute atomic E-state index is 5.39. The zero-order chi connectivity index (χ0) is 15.6. The number of likely N-dealkylation sites (tertiary alicyclic amines) is 1. The molecule has 0 spiro atoms. The number of methoxy groups -OCH3 is 1. The van der Waals surface area contributed by atoms with Gasteiger partial charge < -0.3 is 13.8 Å². The molecule has 0 N–H and O–H groups in total. The number of rotatable bonds is 7. The molecule has 1 aliphatic carbocycles. The topological polar surface area (TPSA) is 90.3 Å². The quantitative estimate of drug-likeness (QED) is 0.764. The summed E-state index contributed by atoms with van der Waals surface area (Å²) in [5.41, 5.74) is 0. The van der Waals surface area contributed by atoms with Crippen LogP contribution in [-0.2, 0) is 17.7 Å². The van der Waals surface area contributed by atoms with E-state index in [1.807, 2.05) is 0 Å². The van der Waals surface area contributed by atoms with Gasteiger partial charge in [-0.2, -0.15) is 9.97 Å². The second-order valence-corrected chi connectivity index (χ2v) is 6.24. The van der Waals surface area contributed by atoms with Crippen molar-refractivity contribution in [2.24, 2.45) is 0 Å². The standard InChI is InChI=1S/C15H21N5O3/c1-21-8-6-12-16-13(22-18-12)9-20-7-2-3-11(20)14-17-15(23-19-14)10-4-5-10/h10-11H,2-9H2,1H3/t11-/m1/s1. The van der Waals surface area contributed by atoms with Crippen LogP contribution in [0.4, 0.5) is 0 Å². The van der Waals surface area contributed by atoms with E-state index in [1.54, 1.807) is 7.11 Å². The fourth-order valence-corrected chi connectivity index (χ4v) is 3.01. The van der Waals surface area contributed by atoms with Crippen molar-refractivity contribution < 1.29 is 13.8 Å². The molecule has 23 heavy (non-hydrogen) atoms. The summed E-state index contributed by atoms with van der Waals surface area (Å²) in [6, 6.07) is 0.181. The first-order valence-electron chi connectivity index (χ1n) is 8.21. The Morgan fingerprint density at radius 1 is 1.17 bits per heavy atom. The van der Waals surface area contributed by atoms with E-state index in [9.17, 15) is 0 Å². The molecule has 8 heteroatoms. The van der Waals surface area contributed by atoms with Crippen molar-refractivity contribution in [3.63, 3.8) is 0 Å². The lowest BCUT2D eigenvalue weighted by Gasteiger charge is -2.19. The molecule has 0 amide bonds. The van der Waals surface area contributed by atoms with E-state index >= 15 is 0 Å². The number of aromatic nitrogens is 4. The van der Waals surface area contributed by atoms with Gasteiger partial charge >= 0.3 is 0 Å². The van der Waals surface area contributed by atoms with E-state index in [1.165, 1.54) is 12.8 Å². The minimum absolute atomic E-state index is 0.181. The molecule has 3 heterocycles. The van der Waals surface area contributed by atoms with Crippen LogP contribution in [0.2, 0.25) is 0 Å². The number of hydrogen-bond acceptors (Lipinski definition) is 8. The van der Waals surface area contributed by atoms with Gasteiger partial charge in [0.1, 0.15) is 0 Å². The van der Waals surface area contributed by atoms with E-state index in [2.05, 4.69) is 25.2 Å². The number of ether oxygens (including phenoxy) is 1. The summed E-state index contributed by atoms with van der Waals surface area (Å²) in [6.07, 6.45) is 5.15. The van der Waals surface area contributed by atoms with Gasteiger partial charge in [0.05, 0.1) is 19.2 Å². The van der Waals surface area contributed by atoms with Crippen molar-refractivity contribution in [3.8, 4) is 0 Å². The molecule has 1 atom stereocenters. The minimum atomic E-state index is 0.181. The van der Waals surface area contributed by atoms with Crippen LogP contribution in [-0.4, -0.2) is 45.4 Å². The van der Waals surface area contributed by atoms with Crippen molar-refractivity contribution in [1.29, 1.82) is 0 Å². The lowest BCUT2D eigenvalue weighted by molar-refractivity contribution is 0.197. The average molecular weight is 319 g/mol. The van der Waals surface area contributed by atoms with Crippen molar-refractivity contribution in [2.45, 2.75) is 50.6 Å². The molecule has 0 bridgehead atoms. The maximum Gasteiger partial charge on any atom is 0.240 e. The first-order chi connectivity index (χ1) is 11.3. The summed E-state index contributed by atoms with van der Waals surface area (Å²) >= 11 is 0. The Morgan fingerprint density at radius 3 is 2.91 bits per heavy atom. The van der Waals surface area contributed by atoms with Crippen LogP contribution < -0.4 is 0 Å². The summed E-state index contributed by atoms with van der Waals surface area (Å²) < 4.78 is 15.8. The van der Waals surface area contributed by atoms with Gasteiger partial charge in [0.25, 0.3) is 0 Å². The van der Waals surface area contributed by atoms with Crippen molar-refractivity contribution in [3.05, 3.63) is 23.4 Å². The van der Waals surface area contributed by atoms with Gasteiger partial charge in [0, 0.05) is 19.4 Å². The van der Waals surface area contributed by atoms with E-state index in [-0.39, 0.29) is 6.04 Å². The molecule has 8 nitrogen and oxygen atoms in total. The van der Waals surface area contributed by atoms with Crippen molar-refractivity contribution in [1.82, 2.24) is 25.2 Å². The molecule has 2 aromatic rings. The van der Waals surface area contributed by atoms with Crippen LogP contribution in [0.25, 0.3) is 0 Å². The predicted octanol–water partition coefficient (Wildman–Crippen LogP) is 1.86. The highest BCUT2D eigenvalue weighted by molar-refractivity contribution is 5.05. The van der Waals surface area contributed by atoms with Gasteiger partial charge in [-0.15, -0.1) is 0 Å². The largest absolute Gasteiger partial charge is 0.384 e. The van der Waals surface area contributed by atoms with E-state index in [4.69, 9.17) is 13.8 Å². The molecule has 1 aliphatic heterocycles. The molecule has 2 aromatic heterocycles. The van der Waals surface area contributed by atoms with Crippen molar-refractivity contribution in [2.75, 3.05) is 20.3 Å². The Bertz CT molecular complexity index is 651. The van der Waals surface area contributed by atoms with Crippen LogP contribution in [0, 0.1) is 0 Å². The third-order valence-corrected chi connectivity index (χ3v) is 4.42. The highest BCUT2D eigenvalue weighted by Crippen LogP contribution is 2.40. The highest BCUT2D eigenvalue weighted by Gasteiger charge is 2.34. The summed E-state index contributed by atoms with van der Waals surface area (Å²) in [7, 11) is 1.66. The smallest absolute Gasteiger partial charge is 0.240 e. The average Bonchev–Trinajstić information content (AvgIpc) is 2.98. The highest BCUT2D eigenvalue weighted by atomic mass is 16.5. The zero-order valence-corrected chi connectivity index (χ0v) is 13.3. The Hall–Kier alpha value is -1.80. The van der Waals surface area contributed by atoms with Gasteiger partial charge in [-0.05, 0) is 32.2 Å². The molecule has 1 saturated heterocycles. The van der Waals surface area contributed by atoms with Crippen LogP contribution >= 0.6 is 0 Å². The van der Waals surface area contributed by atoms with Crippen LogP contribution in [0.5, 0.6) is 0 Å². The molecule has 2 fully saturated rings. The first kappa shape index (κ1) is 14.8. The Kier molecular flexibility index (Phi) is 4.09. The molecule has 4 rings (SSSR count). The van der Waals surface area contributed by atoms with Gasteiger partial charge in [0.2, 0.25) is 11.8 Å². The zero-order valence-electron chi connectivity index (χ0n) is 13.3. The fourth-order valence-electron chi connectivity index (χ4n) is 3.01. The third kappa shape index (κ3) is 3.28. The Labute approximate surface area is 134 Å². The van der Waals surface area contributed by atoms with Crippen molar-refractivity contribution >= 4 is 0 Å². The third-order valence-electron chi connectivity index (χ3n) is 4.42. The van der Waals surface area contributed by atoms with Gasteiger partial charge in [-0.25, -0.2) is 0 Å². The van der Waals surface area contributed by atoms with Gasteiger partial charge in [-0.1, -0.05) is 10.3 Å². The molecule has 1 saturated carbocycles. The lowest BCUT2D eigenvalue weighted by atomic mass is 10.2. The van der Waals surface area contributed by atoms with Crippen LogP contribution in [0.1, 0.15) is 61.1 Å². The SMILES string of the molecule is COCCc1noc(CN2CCC[C@@H]2c2noc(C3CC3)n2)n1. The van der Waals surface area contributed by atoms with E-state index < -0.39 is 0 Å². The predicted molar refractivity (Wildman–Crippen MR) is 78.5 cm³/mol. The lowest BCUT2D eigenvalue weighted by Crippen LogP contribution is -2.23. The summed E-state index contributed by atoms with van der Waals surface area (Å²) in [5.74, 6) is 3.41. The number of hydrogen-bond donors (Lipinski definition) is 0. The van der Waals surface area contributed by atoms with E-state index in [0.29, 0.717) is 37.2 Å². The first-order valence-corrected chi connectivity index (χ1v) is 8.21. The minimum Gasteiger partial charge on any atom is -0.384 e. The molecule has 124 valence electrons. The monoisotopic (exact) mass is 319 g/mol. The number of nitrogens with zero attached hydrogens (tertiary/aromatic N) is 5. The van der Waals surface area contributed by atoms with Crippen LogP contribution in [0.15, 0.2) is 9.05 Å². The van der Waals surface area contributed by atoms with Gasteiger partial charge in [0.15, 0.2) is 11.6 Å². The summed E-state index contributed by atoms with van der Waals surface area (Å²) in [4.78, 5) is 11.3. The fraction of sp³-hybridized carbons (Fsp3) is 0.733. The normalized spacial score (nSPS) is 22.0.